The minimum Gasteiger partial charge on any atom is -0.462 e. The number of cyclic esters (lactones) is 1. The zero-order valence-corrected chi connectivity index (χ0v) is 9.05. The molecule has 0 saturated carbocycles. The van der Waals surface area contributed by atoms with Gasteiger partial charge in [0.25, 0.3) is 0 Å². The molecule has 0 aromatic carbocycles. The van der Waals surface area contributed by atoms with Gasteiger partial charge in [0.1, 0.15) is 6.61 Å². The average Bonchev–Trinajstić information content (AvgIpc) is 2.58. The molecule has 1 heterocycles. The number of carbonyl (C=O) groups excluding carboxylic acids is 2. The van der Waals surface area contributed by atoms with Gasteiger partial charge < -0.3 is 20.5 Å². The summed E-state index contributed by atoms with van der Waals surface area (Å²) >= 11 is 0. The van der Waals surface area contributed by atoms with Crippen LogP contribution < -0.4 is 11.1 Å². The van der Waals surface area contributed by atoms with Crippen molar-refractivity contribution in [3.63, 3.8) is 0 Å². The van der Waals surface area contributed by atoms with Crippen LogP contribution in [-0.4, -0.2) is 37.9 Å². The van der Waals surface area contributed by atoms with E-state index < -0.39 is 6.09 Å². The Hall–Kier alpha value is -1.01. The van der Waals surface area contributed by atoms with E-state index in [1.54, 1.807) is 0 Å². The SMILES string of the molecule is Cl.NCCCC(=O)OC[C@H]1CNC(=O)O1. The maximum absolute atomic E-state index is 11.0. The van der Waals surface area contributed by atoms with Gasteiger partial charge in [0.05, 0.1) is 6.54 Å². The molecule has 6 nitrogen and oxygen atoms in total. The second kappa shape index (κ2) is 7.30. The average molecular weight is 239 g/mol. The van der Waals surface area contributed by atoms with Crippen LogP contribution in [0.15, 0.2) is 0 Å². The molecule has 0 unspecified atom stereocenters. The molecule has 0 radical (unpaired) electrons. The Labute approximate surface area is 93.9 Å². The van der Waals surface area contributed by atoms with Crippen molar-refractivity contribution in [1.29, 1.82) is 0 Å². The van der Waals surface area contributed by atoms with E-state index in [-0.39, 0.29) is 31.1 Å². The lowest BCUT2D eigenvalue weighted by Crippen LogP contribution is -2.22. The highest BCUT2D eigenvalue weighted by Gasteiger charge is 2.23. The number of rotatable bonds is 5. The molecule has 0 aromatic rings. The van der Waals surface area contributed by atoms with Gasteiger partial charge in [0.15, 0.2) is 6.10 Å². The largest absolute Gasteiger partial charge is 0.462 e. The van der Waals surface area contributed by atoms with Crippen molar-refractivity contribution in [1.82, 2.24) is 5.32 Å². The highest BCUT2D eigenvalue weighted by atomic mass is 35.5. The summed E-state index contributed by atoms with van der Waals surface area (Å²) in [5.41, 5.74) is 5.23. The van der Waals surface area contributed by atoms with Crippen LogP contribution in [0.1, 0.15) is 12.8 Å². The molecule has 0 aliphatic carbocycles. The Morgan fingerprint density at radius 3 is 2.93 bits per heavy atom. The van der Waals surface area contributed by atoms with Crippen molar-refractivity contribution in [2.45, 2.75) is 18.9 Å². The first-order valence-electron chi connectivity index (χ1n) is 4.52. The summed E-state index contributed by atoms with van der Waals surface area (Å²) in [5, 5.41) is 2.46. The fourth-order valence-electron chi connectivity index (χ4n) is 1.03. The first kappa shape index (κ1) is 14.0. The number of halogens is 1. The maximum atomic E-state index is 11.0. The number of ether oxygens (including phenoxy) is 2. The Morgan fingerprint density at radius 1 is 1.67 bits per heavy atom. The molecule has 1 atom stereocenters. The van der Waals surface area contributed by atoms with E-state index in [0.29, 0.717) is 25.9 Å². The molecule has 1 amide bonds. The van der Waals surface area contributed by atoms with Crippen molar-refractivity contribution < 1.29 is 19.1 Å². The van der Waals surface area contributed by atoms with Crippen molar-refractivity contribution in [3.05, 3.63) is 0 Å². The van der Waals surface area contributed by atoms with E-state index in [1.165, 1.54) is 0 Å². The number of hydrogen-bond acceptors (Lipinski definition) is 5. The molecule has 88 valence electrons. The second-order valence-corrected chi connectivity index (χ2v) is 2.98. The Kier molecular flexibility index (Phi) is 6.81. The van der Waals surface area contributed by atoms with E-state index in [9.17, 15) is 9.59 Å². The number of hydrogen-bond donors (Lipinski definition) is 2. The van der Waals surface area contributed by atoms with Crippen LogP contribution in [0.2, 0.25) is 0 Å². The van der Waals surface area contributed by atoms with Crippen molar-refractivity contribution in [3.8, 4) is 0 Å². The lowest BCUT2D eigenvalue weighted by atomic mass is 10.3. The zero-order chi connectivity index (χ0) is 10.4. The van der Waals surface area contributed by atoms with Crippen LogP contribution in [0, 0.1) is 0 Å². The zero-order valence-electron chi connectivity index (χ0n) is 8.23. The minimum atomic E-state index is -0.465. The highest BCUT2D eigenvalue weighted by molar-refractivity contribution is 5.85. The van der Waals surface area contributed by atoms with Crippen LogP contribution in [0.5, 0.6) is 0 Å². The highest BCUT2D eigenvalue weighted by Crippen LogP contribution is 2.01. The lowest BCUT2D eigenvalue weighted by molar-refractivity contribution is -0.146. The third kappa shape index (κ3) is 5.44. The molecule has 0 bridgehead atoms. The molecule has 0 spiro atoms. The van der Waals surface area contributed by atoms with E-state index in [1.807, 2.05) is 0 Å². The third-order valence-corrected chi connectivity index (χ3v) is 1.76. The van der Waals surface area contributed by atoms with E-state index in [0.717, 1.165) is 0 Å². The van der Waals surface area contributed by atoms with E-state index in [4.69, 9.17) is 15.2 Å². The van der Waals surface area contributed by atoms with Gasteiger partial charge in [-0.05, 0) is 13.0 Å². The molecule has 1 aliphatic rings. The molecule has 1 rings (SSSR count). The smallest absolute Gasteiger partial charge is 0.407 e. The molecule has 15 heavy (non-hydrogen) atoms. The fourth-order valence-corrected chi connectivity index (χ4v) is 1.03. The molecule has 1 aliphatic heterocycles. The number of nitrogens with one attached hydrogen (secondary N) is 1. The van der Waals surface area contributed by atoms with Crippen LogP contribution in [0.3, 0.4) is 0 Å². The van der Waals surface area contributed by atoms with Gasteiger partial charge in [-0.3, -0.25) is 4.79 Å². The number of amides is 1. The molecular weight excluding hydrogens is 224 g/mol. The maximum Gasteiger partial charge on any atom is 0.407 e. The molecule has 1 saturated heterocycles. The number of esters is 1. The molecule has 1 fully saturated rings. The van der Waals surface area contributed by atoms with Crippen LogP contribution in [0.25, 0.3) is 0 Å². The predicted molar refractivity (Wildman–Crippen MR) is 54.8 cm³/mol. The van der Waals surface area contributed by atoms with Gasteiger partial charge in [-0.15, -0.1) is 12.4 Å². The first-order chi connectivity index (χ1) is 6.72. The fraction of sp³-hybridized carbons (Fsp3) is 0.750. The summed E-state index contributed by atoms with van der Waals surface area (Å²) in [7, 11) is 0. The monoisotopic (exact) mass is 238 g/mol. The first-order valence-corrected chi connectivity index (χ1v) is 4.52. The Balaban J connectivity index is 0.00000196. The van der Waals surface area contributed by atoms with Gasteiger partial charge >= 0.3 is 12.1 Å². The topological polar surface area (TPSA) is 90.7 Å². The van der Waals surface area contributed by atoms with Crippen LogP contribution in [0.4, 0.5) is 4.79 Å². The Bertz CT molecular complexity index is 225. The third-order valence-electron chi connectivity index (χ3n) is 1.76. The summed E-state index contributed by atoms with van der Waals surface area (Å²) in [6, 6.07) is 0. The summed E-state index contributed by atoms with van der Waals surface area (Å²) in [6.07, 6.45) is 0.101. The van der Waals surface area contributed by atoms with Gasteiger partial charge in [0.2, 0.25) is 0 Å². The molecule has 3 N–H and O–H groups in total. The van der Waals surface area contributed by atoms with E-state index >= 15 is 0 Å². The number of carbonyl (C=O) groups is 2. The summed E-state index contributed by atoms with van der Waals surface area (Å²) < 4.78 is 9.63. The lowest BCUT2D eigenvalue weighted by Gasteiger charge is -2.08. The summed E-state index contributed by atoms with van der Waals surface area (Å²) in [4.78, 5) is 21.6. The number of alkyl carbamates (subject to hydrolysis) is 1. The summed E-state index contributed by atoms with van der Waals surface area (Å²) in [6.45, 7) is 0.972. The number of nitrogens with two attached hydrogens (primary N) is 1. The molecule has 0 aromatic heterocycles. The van der Waals surface area contributed by atoms with Crippen molar-refractivity contribution >= 4 is 24.5 Å². The normalized spacial score (nSPS) is 18.7. The van der Waals surface area contributed by atoms with Crippen LogP contribution in [-0.2, 0) is 14.3 Å². The second-order valence-electron chi connectivity index (χ2n) is 2.98. The Morgan fingerprint density at radius 2 is 2.40 bits per heavy atom. The van der Waals surface area contributed by atoms with Gasteiger partial charge in [0, 0.05) is 6.42 Å². The van der Waals surface area contributed by atoms with Gasteiger partial charge in [-0.25, -0.2) is 4.79 Å². The summed E-state index contributed by atoms with van der Waals surface area (Å²) in [5.74, 6) is -0.307. The predicted octanol–water partition coefficient (Wildman–Crippen LogP) is -0.201. The van der Waals surface area contributed by atoms with Gasteiger partial charge in [-0.2, -0.15) is 0 Å². The van der Waals surface area contributed by atoms with E-state index in [2.05, 4.69) is 5.32 Å². The molecular formula is C8H15ClN2O4. The van der Waals surface area contributed by atoms with Crippen molar-refractivity contribution in [2.24, 2.45) is 5.73 Å². The molecule has 7 heteroatoms. The quantitative estimate of drug-likeness (QED) is 0.648. The van der Waals surface area contributed by atoms with Crippen LogP contribution >= 0.6 is 12.4 Å². The minimum absolute atomic E-state index is 0. The van der Waals surface area contributed by atoms with Gasteiger partial charge in [-0.1, -0.05) is 0 Å². The van der Waals surface area contributed by atoms with Crippen molar-refractivity contribution in [2.75, 3.05) is 19.7 Å². The standard InChI is InChI=1S/C8H14N2O4.ClH/c9-3-1-2-7(11)13-5-6-4-10-8(12)14-6;/h6H,1-5,9H2,(H,10,12);1H/t6-;/m1./s1.